The van der Waals surface area contributed by atoms with Crippen molar-refractivity contribution in [1.82, 2.24) is 0 Å². The molecule has 2 rings (SSSR count). The van der Waals surface area contributed by atoms with E-state index in [0.717, 1.165) is 0 Å². The summed E-state index contributed by atoms with van der Waals surface area (Å²) in [6.07, 6.45) is 3.60. The van der Waals surface area contributed by atoms with Gasteiger partial charge in [0.2, 0.25) is 0 Å². The van der Waals surface area contributed by atoms with Crippen LogP contribution in [0.25, 0.3) is 0 Å². The molecule has 9 heavy (non-hydrogen) atoms. The molecule has 1 N–H and O–H groups in total. The predicted molar refractivity (Wildman–Crippen MR) is 32.0 cm³/mol. The normalized spacial score (nSPS) is 46.4. The third kappa shape index (κ3) is 0.590. The van der Waals surface area contributed by atoms with E-state index < -0.39 is 5.97 Å². The zero-order valence-electron chi connectivity index (χ0n) is 5.21. The number of hydrogen-bond acceptors (Lipinski definition) is 1. The fourth-order valence-corrected chi connectivity index (χ4v) is 2.19. The van der Waals surface area contributed by atoms with Gasteiger partial charge in [-0.15, -0.1) is 0 Å². The number of hydrogen-bond donors (Lipinski definition) is 1. The first-order valence-corrected chi connectivity index (χ1v) is 3.53. The minimum absolute atomic E-state index is 0.0544. The van der Waals surface area contributed by atoms with E-state index in [1.807, 2.05) is 0 Å². The summed E-state index contributed by atoms with van der Waals surface area (Å²) in [4.78, 5) is 10.4. The molecule has 2 aliphatic rings. The summed E-state index contributed by atoms with van der Waals surface area (Å²) in [5.74, 6) is 0.633. The smallest absolute Gasteiger partial charge is 0.307 e. The molecule has 2 saturated carbocycles. The Labute approximate surface area is 53.9 Å². The summed E-state index contributed by atoms with van der Waals surface area (Å²) in [6.45, 7) is 0. The van der Waals surface area contributed by atoms with Crippen LogP contribution >= 0.6 is 0 Å². The quantitative estimate of drug-likeness (QED) is 0.571. The van der Waals surface area contributed by atoms with Crippen molar-refractivity contribution < 1.29 is 9.90 Å². The minimum atomic E-state index is -0.565. The molecule has 50 valence electrons. The number of fused-ring (bicyclic) bond motifs is 1. The first kappa shape index (κ1) is 5.27. The van der Waals surface area contributed by atoms with E-state index >= 15 is 0 Å². The zero-order chi connectivity index (χ0) is 6.43. The van der Waals surface area contributed by atoms with Crippen LogP contribution in [0.2, 0.25) is 0 Å². The Kier molecular flexibility index (Phi) is 0.875. The molecule has 0 heterocycles. The first-order chi connectivity index (χ1) is 4.30. The maximum absolute atomic E-state index is 10.4. The molecule has 2 nitrogen and oxygen atoms in total. The molecule has 2 atom stereocenters. The third-order valence-electron chi connectivity index (χ3n) is 2.69. The Bertz CT molecular complexity index is 143. The second-order valence-corrected chi connectivity index (χ2v) is 3.12. The van der Waals surface area contributed by atoms with Crippen molar-refractivity contribution in [2.75, 3.05) is 0 Å². The Hall–Kier alpha value is -0.530. The van der Waals surface area contributed by atoms with E-state index in [0.29, 0.717) is 11.8 Å². The van der Waals surface area contributed by atoms with Crippen molar-refractivity contribution in [3.05, 3.63) is 0 Å². The van der Waals surface area contributed by atoms with E-state index in [9.17, 15) is 4.79 Å². The predicted octanol–water partition coefficient (Wildman–Crippen LogP) is 1.12. The van der Waals surface area contributed by atoms with Crippen LogP contribution < -0.4 is 0 Å². The first-order valence-electron chi connectivity index (χ1n) is 3.53. The van der Waals surface area contributed by atoms with Crippen molar-refractivity contribution >= 4 is 5.97 Å². The second kappa shape index (κ2) is 1.49. The number of aliphatic carboxylic acids is 1. The second-order valence-electron chi connectivity index (χ2n) is 3.12. The van der Waals surface area contributed by atoms with Gasteiger partial charge in [-0.05, 0) is 24.7 Å². The average Bonchev–Trinajstić information content (AvgIpc) is 2.30. The monoisotopic (exact) mass is 126 g/mol. The Balaban J connectivity index is 2.02. The molecular weight excluding hydrogens is 116 g/mol. The van der Waals surface area contributed by atoms with Crippen LogP contribution in [0.3, 0.4) is 0 Å². The summed E-state index contributed by atoms with van der Waals surface area (Å²) < 4.78 is 0. The molecule has 0 radical (unpaired) electrons. The average molecular weight is 126 g/mol. The lowest BCUT2D eigenvalue weighted by Gasteiger charge is -1.93. The molecule has 2 heteroatoms. The van der Waals surface area contributed by atoms with Crippen LogP contribution in [0.1, 0.15) is 19.3 Å². The molecular formula is C7H10O2. The van der Waals surface area contributed by atoms with Crippen molar-refractivity contribution in [2.24, 2.45) is 17.8 Å². The van der Waals surface area contributed by atoms with Crippen LogP contribution in [0.15, 0.2) is 0 Å². The largest absolute Gasteiger partial charge is 0.481 e. The highest BCUT2D eigenvalue weighted by atomic mass is 16.4. The van der Waals surface area contributed by atoms with Crippen LogP contribution in [0, 0.1) is 17.8 Å². The highest BCUT2D eigenvalue weighted by Crippen LogP contribution is 2.57. The zero-order valence-corrected chi connectivity index (χ0v) is 5.21. The maximum atomic E-state index is 10.4. The van der Waals surface area contributed by atoms with E-state index in [1.54, 1.807) is 0 Å². The lowest BCUT2D eigenvalue weighted by molar-refractivity contribution is -0.139. The van der Waals surface area contributed by atoms with E-state index in [2.05, 4.69) is 0 Å². The number of rotatable bonds is 1. The molecule has 0 aromatic heterocycles. The van der Waals surface area contributed by atoms with Crippen LogP contribution in [0.4, 0.5) is 0 Å². The summed E-state index contributed by atoms with van der Waals surface area (Å²) in [6, 6.07) is 0. The molecule has 0 aromatic carbocycles. The van der Waals surface area contributed by atoms with Crippen molar-refractivity contribution in [3.63, 3.8) is 0 Å². The maximum Gasteiger partial charge on any atom is 0.307 e. The van der Waals surface area contributed by atoms with Gasteiger partial charge in [0.1, 0.15) is 0 Å². The molecule has 0 bridgehead atoms. The SMILES string of the molecule is O=C(O)C1[C@@H]2CCC[C@@H]12. The van der Waals surface area contributed by atoms with Crippen LogP contribution in [-0.2, 0) is 4.79 Å². The number of carboxylic acid groups (broad SMARTS) is 1. The molecule has 0 unspecified atom stereocenters. The topological polar surface area (TPSA) is 37.3 Å². The Morgan fingerprint density at radius 3 is 2.22 bits per heavy atom. The fraction of sp³-hybridized carbons (Fsp3) is 0.857. The number of carbonyl (C=O) groups is 1. The van der Waals surface area contributed by atoms with Crippen molar-refractivity contribution in [1.29, 1.82) is 0 Å². The van der Waals surface area contributed by atoms with Gasteiger partial charge >= 0.3 is 5.97 Å². The van der Waals surface area contributed by atoms with E-state index in [1.165, 1.54) is 19.3 Å². The van der Waals surface area contributed by atoms with Crippen molar-refractivity contribution in [3.8, 4) is 0 Å². The van der Waals surface area contributed by atoms with Crippen LogP contribution in [-0.4, -0.2) is 11.1 Å². The van der Waals surface area contributed by atoms with Gasteiger partial charge in [-0.25, -0.2) is 0 Å². The third-order valence-corrected chi connectivity index (χ3v) is 2.69. The van der Waals surface area contributed by atoms with Crippen molar-refractivity contribution in [2.45, 2.75) is 19.3 Å². The Morgan fingerprint density at radius 1 is 1.33 bits per heavy atom. The van der Waals surface area contributed by atoms with E-state index in [-0.39, 0.29) is 5.92 Å². The molecule has 0 saturated heterocycles. The summed E-state index contributed by atoms with van der Waals surface area (Å²) >= 11 is 0. The molecule has 2 aliphatic carbocycles. The lowest BCUT2D eigenvalue weighted by atomic mass is 10.1. The standard InChI is InChI=1S/C7H10O2/c8-7(9)6-4-2-1-3-5(4)6/h4-6H,1-3H2,(H,8,9)/t4-,5-/m1/s1. The van der Waals surface area contributed by atoms with Gasteiger partial charge in [0.25, 0.3) is 0 Å². The Morgan fingerprint density at radius 2 is 1.89 bits per heavy atom. The molecule has 2 fully saturated rings. The summed E-state index contributed by atoms with van der Waals surface area (Å²) in [5.41, 5.74) is 0. The molecule has 0 aliphatic heterocycles. The van der Waals surface area contributed by atoms with E-state index in [4.69, 9.17) is 5.11 Å². The molecule has 0 aromatic rings. The highest BCUT2D eigenvalue weighted by molar-refractivity contribution is 5.74. The van der Waals surface area contributed by atoms with Gasteiger partial charge < -0.3 is 5.11 Å². The highest BCUT2D eigenvalue weighted by Gasteiger charge is 2.56. The lowest BCUT2D eigenvalue weighted by Crippen LogP contribution is -2.02. The fourth-order valence-electron chi connectivity index (χ4n) is 2.19. The minimum Gasteiger partial charge on any atom is -0.481 e. The van der Waals surface area contributed by atoms with Crippen LogP contribution in [0.5, 0.6) is 0 Å². The van der Waals surface area contributed by atoms with Gasteiger partial charge in [-0.3, -0.25) is 4.79 Å². The summed E-state index contributed by atoms with van der Waals surface area (Å²) in [5, 5.41) is 8.56. The van der Waals surface area contributed by atoms with Gasteiger partial charge in [0.15, 0.2) is 0 Å². The number of carboxylic acids is 1. The summed E-state index contributed by atoms with van der Waals surface area (Å²) in [7, 11) is 0. The van der Waals surface area contributed by atoms with Gasteiger partial charge in [0.05, 0.1) is 5.92 Å². The van der Waals surface area contributed by atoms with Gasteiger partial charge in [0, 0.05) is 0 Å². The van der Waals surface area contributed by atoms with Gasteiger partial charge in [-0.2, -0.15) is 0 Å². The molecule has 0 spiro atoms. The van der Waals surface area contributed by atoms with Gasteiger partial charge in [-0.1, -0.05) is 6.42 Å². The molecule has 0 amide bonds.